The lowest BCUT2D eigenvalue weighted by atomic mass is 10.0. The topological polar surface area (TPSA) is 64.3 Å². The molecular formula is C19H24N2O2. The van der Waals surface area contributed by atoms with E-state index in [4.69, 9.17) is 10.5 Å². The number of nitrogen functional groups attached to an aromatic ring is 1. The number of hydrogen-bond donors (Lipinski definition) is 2. The molecule has 0 aromatic heterocycles. The van der Waals surface area contributed by atoms with Crippen LogP contribution in [0.5, 0.6) is 0 Å². The summed E-state index contributed by atoms with van der Waals surface area (Å²) < 4.78 is 5.05. The Morgan fingerprint density at radius 2 is 1.87 bits per heavy atom. The Bertz CT molecular complexity index is 693. The number of esters is 1. The molecule has 0 aliphatic heterocycles. The predicted molar refractivity (Wildman–Crippen MR) is 95.1 cm³/mol. The molecule has 2 rings (SSSR count). The lowest BCUT2D eigenvalue weighted by molar-refractivity contribution is -0.144. The first-order valence-electron chi connectivity index (χ1n) is 7.82. The summed E-state index contributed by atoms with van der Waals surface area (Å²) in [5.41, 5.74) is 11.9. The first-order valence-corrected chi connectivity index (χ1v) is 7.82. The molecule has 0 heterocycles. The van der Waals surface area contributed by atoms with Gasteiger partial charge in [0.05, 0.1) is 23.9 Å². The highest BCUT2D eigenvalue weighted by Gasteiger charge is 2.16. The second-order valence-corrected chi connectivity index (χ2v) is 5.76. The first kappa shape index (κ1) is 16.9. The predicted octanol–water partition coefficient (Wildman–Crippen LogP) is 4.30. The fourth-order valence-electron chi connectivity index (χ4n) is 2.50. The number of nitrogens with two attached hydrogens (primary N) is 1. The Morgan fingerprint density at radius 3 is 2.48 bits per heavy atom. The van der Waals surface area contributed by atoms with Gasteiger partial charge in [-0.3, -0.25) is 4.79 Å². The lowest BCUT2D eigenvalue weighted by Gasteiger charge is -2.14. The van der Waals surface area contributed by atoms with E-state index in [9.17, 15) is 4.79 Å². The molecule has 4 heteroatoms. The third-order valence-electron chi connectivity index (χ3n) is 3.86. The van der Waals surface area contributed by atoms with Gasteiger partial charge in [-0.05, 0) is 62.6 Å². The number of rotatable bonds is 5. The molecule has 0 aliphatic carbocycles. The fourth-order valence-corrected chi connectivity index (χ4v) is 2.50. The highest BCUT2D eigenvalue weighted by atomic mass is 16.5. The summed E-state index contributed by atoms with van der Waals surface area (Å²) in [5, 5.41) is 3.33. The smallest absolute Gasteiger partial charge is 0.313 e. The maximum absolute atomic E-state index is 11.8. The van der Waals surface area contributed by atoms with Crippen LogP contribution in [0, 0.1) is 13.8 Å². The summed E-state index contributed by atoms with van der Waals surface area (Å²) in [4.78, 5) is 11.8. The molecule has 4 nitrogen and oxygen atoms in total. The van der Waals surface area contributed by atoms with Crippen LogP contribution in [0.15, 0.2) is 36.4 Å². The Balaban J connectivity index is 2.16. The van der Waals surface area contributed by atoms with Gasteiger partial charge in [-0.1, -0.05) is 18.2 Å². The van der Waals surface area contributed by atoms with Crippen LogP contribution < -0.4 is 11.1 Å². The molecule has 0 fully saturated rings. The summed E-state index contributed by atoms with van der Waals surface area (Å²) >= 11 is 0. The second-order valence-electron chi connectivity index (χ2n) is 5.76. The monoisotopic (exact) mass is 312 g/mol. The molecule has 1 unspecified atom stereocenters. The van der Waals surface area contributed by atoms with E-state index in [1.54, 1.807) is 0 Å². The van der Waals surface area contributed by atoms with E-state index in [1.807, 2.05) is 58.0 Å². The van der Waals surface area contributed by atoms with Crippen LogP contribution in [0.1, 0.15) is 36.5 Å². The molecule has 0 spiro atoms. The number of anilines is 3. The summed E-state index contributed by atoms with van der Waals surface area (Å²) in [6, 6.07) is 11.8. The van der Waals surface area contributed by atoms with Gasteiger partial charge in [0.25, 0.3) is 0 Å². The molecule has 2 aromatic carbocycles. The highest BCUT2D eigenvalue weighted by molar-refractivity contribution is 5.79. The lowest BCUT2D eigenvalue weighted by Crippen LogP contribution is -2.12. The van der Waals surface area contributed by atoms with Crippen molar-refractivity contribution in [3.8, 4) is 0 Å². The highest BCUT2D eigenvalue weighted by Crippen LogP contribution is 2.28. The molecule has 0 saturated carbocycles. The molecule has 0 saturated heterocycles. The molecule has 0 radical (unpaired) electrons. The van der Waals surface area contributed by atoms with Crippen LogP contribution in [0.4, 0.5) is 17.1 Å². The van der Waals surface area contributed by atoms with E-state index in [0.717, 1.165) is 33.8 Å². The van der Waals surface area contributed by atoms with Crippen LogP contribution in [0.2, 0.25) is 0 Å². The van der Waals surface area contributed by atoms with Gasteiger partial charge in [-0.15, -0.1) is 0 Å². The van der Waals surface area contributed by atoms with Gasteiger partial charge in [-0.25, -0.2) is 0 Å². The molecule has 23 heavy (non-hydrogen) atoms. The van der Waals surface area contributed by atoms with E-state index in [1.165, 1.54) is 0 Å². The van der Waals surface area contributed by atoms with Gasteiger partial charge in [-0.2, -0.15) is 0 Å². The van der Waals surface area contributed by atoms with Gasteiger partial charge in [0.1, 0.15) is 0 Å². The van der Waals surface area contributed by atoms with E-state index in [0.29, 0.717) is 6.61 Å². The second kappa shape index (κ2) is 7.18. The summed E-state index contributed by atoms with van der Waals surface area (Å²) in [7, 11) is 0. The molecule has 0 bridgehead atoms. The van der Waals surface area contributed by atoms with Crippen molar-refractivity contribution in [1.82, 2.24) is 0 Å². The van der Waals surface area contributed by atoms with Crippen molar-refractivity contribution in [1.29, 1.82) is 0 Å². The number of nitrogens with one attached hydrogen (secondary N) is 1. The first-order chi connectivity index (χ1) is 10.9. The number of ether oxygens (including phenoxy) is 1. The van der Waals surface area contributed by atoms with E-state index < -0.39 is 0 Å². The van der Waals surface area contributed by atoms with Gasteiger partial charge >= 0.3 is 5.97 Å². The zero-order chi connectivity index (χ0) is 17.0. The maximum Gasteiger partial charge on any atom is 0.313 e. The Labute approximate surface area is 137 Å². The number of aryl methyl sites for hydroxylation is 2. The SMILES string of the molecule is CCOC(=O)C(C)c1ccc(Nc2cc(C)cc(C)c2N)cc1. The largest absolute Gasteiger partial charge is 0.466 e. The molecule has 3 N–H and O–H groups in total. The molecule has 1 atom stereocenters. The number of hydrogen-bond acceptors (Lipinski definition) is 4. The quantitative estimate of drug-likeness (QED) is 0.638. The molecule has 0 amide bonds. The van der Waals surface area contributed by atoms with Crippen molar-refractivity contribution in [3.63, 3.8) is 0 Å². The Hall–Kier alpha value is -2.49. The fraction of sp³-hybridized carbons (Fsp3) is 0.316. The third kappa shape index (κ3) is 4.03. The number of benzene rings is 2. The number of carbonyl (C=O) groups excluding carboxylic acids is 1. The van der Waals surface area contributed by atoms with Gasteiger partial charge in [0, 0.05) is 5.69 Å². The minimum Gasteiger partial charge on any atom is -0.466 e. The van der Waals surface area contributed by atoms with Gasteiger partial charge < -0.3 is 15.8 Å². The van der Waals surface area contributed by atoms with Crippen LogP contribution in [0.3, 0.4) is 0 Å². The Kier molecular flexibility index (Phi) is 5.27. The zero-order valence-corrected chi connectivity index (χ0v) is 14.1. The molecule has 2 aromatic rings. The van der Waals surface area contributed by atoms with Crippen LogP contribution in [-0.4, -0.2) is 12.6 Å². The average Bonchev–Trinajstić information content (AvgIpc) is 2.52. The third-order valence-corrected chi connectivity index (χ3v) is 3.86. The maximum atomic E-state index is 11.8. The van der Waals surface area contributed by atoms with Crippen molar-refractivity contribution in [3.05, 3.63) is 53.1 Å². The van der Waals surface area contributed by atoms with Crippen LogP contribution >= 0.6 is 0 Å². The van der Waals surface area contributed by atoms with Crippen LogP contribution in [-0.2, 0) is 9.53 Å². The van der Waals surface area contributed by atoms with Gasteiger partial charge in [0.2, 0.25) is 0 Å². The van der Waals surface area contributed by atoms with Crippen molar-refractivity contribution in [2.24, 2.45) is 0 Å². The minimum atomic E-state index is -0.268. The summed E-state index contributed by atoms with van der Waals surface area (Å²) in [6.07, 6.45) is 0. The van der Waals surface area contributed by atoms with Gasteiger partial charge in [0.15, 0.2) is 0 Å². The normalized spacial score (nSPS) is 11.8. The standard InChI is InChI=1S/C19H24N2O2/c1-5-23-19(22)14(4)15-6-8-16(9-7-15)21-17-11-12(2)10-13(3)18(17)20/h6-11,14,21H,5,20H2,1-4H3. The van der Waals surface area contributed by atoms with Crippen LogP contribution in [0.25, 0.3) is 0 Å². The van der Waals surface area contributed by atoms with E-state index in [-0.39, 0.29) is 11.9 Å². The van der Waals surface area contributed by atoms with Crippen molar-refractivity contribution < 1.29 is 9.53 Å². The zero-order valence-electron chi connectivity index (χ0n) is 14.1. The van der Waals surface area contributed by atoms with E-state index >= 15 is 0 Å². The van der Waals surface area contributed by atoms with Crippen molar-refractivity contribution >= 4 is 23.0 Å². The van der Waals surface area contributed by atoms with E-state index in [2.05, 4.69) is 11.4 Å². The average molecular weight is 312 g/mol. The summed E-state index contributed by atoms with van der Waals surface area (Å²) in [6.45, 7) is 8.10. The molecule has 122 valence electrons. The molecule has 0 aliphatic rings. The number of carbonyl (C=O) groups is 1. The van der Waals surface area contributed by atoms with Crippen molar-refractivity contribution in [2.45, 2.75) is 33.6 Å². The molecular weight excluding hydrogens is 288 g/mol. The Morgan fingerprint density at radius 1 is 1.22 bits per heavy atom. The minimum absolute atomic E-state index is 0.202. The summed E-state index contributed by atoms with van der Waals surface area (Å²) in [5.74, 6) is -0.470. The van der Waals surface area contributed by atoms with Crippen molar-refractivity contribution in [2.75, 3.05) is 17.7 Å².